The Kier molecular flexibility index (Phi) is 10.9. The van der Waals surface area contributed by atoms with Gasteiger partial charge in [-0.15, -0.1) is 0 Å². The van der Waals surface area contributed by atoms with Crippen LogP contribution in [0.4, 0.5) is 4.79 Å². The van der Waals surface area contributed by atoms with E-state index >= 15 is 0 Å². The van der Waals surface area contributed by atoms with Crippen molar-refractivity contribution >= 4 is 23.6 Å². The lowest BCUT2D eigenvalue weighted by Crippen LogP contribution is -2.53. The van der Waals surface area contributed by atoms with Crippen molar-refractivity contribution in [2.75, 3.05) is 26.8 Å². The van der Waals surface area contributed by atoms with Crippen molar-refractivity contribution in [3.63, 3.8) is 0 Å². The molecule has 0 heterocycles. The van der Waals surface area contributed by atoms with Crippen LogP contribution < -0.4 is 0 Å². The number of hydrogen-bond acceptors (Lipinski definition) is 4. The third-order valence-corrected chi connectivity index (χ3v) is 3.33. The molecule has 0 saturated heterocycles. The van der Waals surface area contributed by atoms with Crippen LogP contribution in [0.15, 0.2) is 35.9 Å². The van der Waals surface area contributed by atoms with Crippen molar-refractivity contribution in [3.05, 3.63) is 35.9 Å². The summed E-state index contributed by atoms with van der Waals surface area (Å²) in [4.78, 5) is 25.1. The summed E-state index contributed by atoms with van der Waals surface area (Å²) in [5.74, 6) is -0.335. The summed E-state index contributed by atoms with van der Waals surface area (Å²) < 4.78 is 10.4. The van der Waals surface area contributed by atoms with Crippen molar-refractivity contribution in [2.24, 2.45) is 0 Å². The molecule has 2 amide bonds. The zero-order valence-corrected chi connectivity index (χ0v) is 17.3. The first-order valence-electron chi connectivity index (χ1n) is 8.52. The highest BCUT2D eigenvalue weighted by atomic mass is 35.5. The molecule has 0 aliphatic carbocycles. The van der Waals surface area contributed by atoms with Gasteiger partial charge in [-0.3, -0.25) is 4.79 Å². The number of carbonyl (C=O) groups excluding carboxylic acids is 2. The molecule has 7 heteroatoms. The maximum Gasteiger partial charge on any atom is 0.429 e. The quantitative estimate of drug-likeness (QED) is 0.438. The van der Waals surface area contributed by atoms with Crippen molar-refractivity contribution in [1.82, 2.24) is 10.0 Å². The fourth-order valence-electron chi connectivity index (χ4n) is 1.99. The minimum Gasteiger partial charge on any atom is -0.442 e. The van der Waals surface area contributed by atoms with Gasteiger partial charge >= 0.3 is 6.09 Å². The van der Waals surface area contributed by atoms with Gasteiger partial charge in [0.25, 0.3) is 5.91 Å². The smallest absolute Gasteiger partial charge is 0.429 e. The molecule has 0 aromatic rings. The van der Waals surface area contributed by atoms with Crippen LogP contribution >= 0.6 is 11.6 Å². The molecule has 0 fully saturated rings. The standard InChI is InChI=1S/C19H31ClN2O4/c1-8-11-22(18(24)26-19(4,5)6)21(17(23)14-25-7)12-10-15(3)13-16(20)9-2/h9,13H,2-3,8,10-12,14H2,1,4-7H3/b16-13+. The van der Waals surface area contributed by atoms with E-state index in [1.54, 1.807) is 26.8 Å². The molecule has 6 nitrogen and oxygen atoms in total. The fraction of sp³-hybridized carbons (Fsp3) is 0.579. The maximum atomic E-state index is 12.6. The Morgan fingerprint density at radius 2 is 1.81 bits per heavy atom. The highest BCUT2D eigenvalue weighted by molar-refractivity contribution is 6.31. The van der Waals surface area contributed by atoms with E-state index in [0.717, 1.165) is 0 Å². The van der Waals surface area contributed by atoms with Gasteiger partial charge in [-0.2, -0.15) is 0 Å². The monoisotopic (exact) mass is 386 g/mol. The summed E-state index contributed by atoms with van der Waals surface area (Å²) in [5.41, 5.74) is 0.0498. The molecule has 0 aliphatic rings. The number of allylic oxidation sites excluding steroid dienone is 3. The number of amides is 2. The van der Waals surface area contributed by atoms with Gasteiger partial charge in [0, 0.05) is 25.2 Å². The highest BCUT2D eigenvalue weighted by Crippen LogP contribution is 2.15. The van der Waals surface area contributed by atoms with Crippen LogP contribution in [0.2, 0.25) is 0 Å². The average molecular weight is 387 g/mol. The fourth-order valence-corrected chi connectivity index (χ4v) is 2.14. The number of hydrogen-bond donors (Lipinski definition) is 0. The van der Waals surface area contributed by atoms with Crippen LogP contribution in [0, 0.1) is 0 Å². The van der Waals surface area contributed by atoms with Crippen molar-refractivity contribution in [1.29, 1.82) is 0 Å². The Labute approximate surface area is 162 Å². The SMILES string of the molecule is C=C/C(Cl)=C\C(=C)CCN(C(=O)COC)N(CCC)C(=O)OC(C)(C)C. The lowest BCUT2D eigenvalue weighted by Gasteiger charge is -2.35. The van der Waals surface area contributed by atoms with Crippen LogP contribution in [0.25, 0.3) is 0 Å². The molecular weight excluding hydrogens is 356 g/mol. The van der Waals surface area contributed by atoms with Gasteiger partial charge in [-0.05, 0) is 39.7 Å². The summed E-state index contributed by atoms with van der Waals surface area (Å²) in [6.45, 7) is 15.2. The van der Waals surface area contributed by atoms with E-state index in [0.29, 0.717) is 30.0 Å². The molecule has 0 radical (unpaired) electrons. The first-order valence-corrected chi connectivity index (χ1v) is 8.90. The van der Waals surface area contributed by atoms with Crippen LogP contribution in [-0.2, 0) is 14.3 Å². The predicted molar refractivity (Wildman–Crippen MR) is 105 cm³/mol. The second kappa shape index (κ2) is 11.8. The van der Waals surface area contributed by atoms with Gasteiger partial charge in [0.15, 0.2) is 0 Å². The Morgan fingerprint density at radius 3 is 2.27 bits per heavy atom. The first kappa shape index (κ1) is 24.2. The van der Waals surface area contributed by atoms with Gasteiger partial charge in [0.05, 0.1) is 0 Å². The zero-order valence-electron chi connectivity index (χ0n) is 16.5. The number of ether oxygens (including phenoxy) is 2. The number of halogens is 1. The van der Waals surface area contributed by atoms with E-state index < -0.39 is 11.7 Å². The van der Waals surface area contributed by atoms with E-state index in [4.69, 9.17) is 21.1 Å². The van der Waals surface area contributed by atoms with Crippen molar-refractivity contribution < 1.29 is 19.1 Å². The Hall–Kier alpha value is -1.79. The third kappa shape index (κ3) is 9.63. The summed E-state index contributed by atoms with van der Waals surface area (Å²) in [6, 6.07) is 0. The van der Waals surface area contributed by atoms with Crippen LogP contribution in [0.1, 0.15) is 40.5 Å². The number of hydrazine groups is 1. The molecule has 0 aromatic carbocycles. The van der Waals surface area contributed by atoms with E-state index in [1.807, 2.05) is 6.92 Å². The lowest BCUT2D eigenvalue weighted by molar-refractivity contribution is -0.152. The highest BCUT2D eigenvalue weighted by Gasteiger charge is 2.29. The van der Waals surface area contributed by atoms with Gasteiger partial charge < -0.3 is 9.47 Å². The molecule has 0 N–H and O–H groups in total. The normalized spacial score (nSPS) is 11.7. The maximum absolute atomic E-state index is 12.6. The van der Waals surface area contributed by atoms with Gasteiger partial charge in [-0.25, -0.2) is 14.8 Å². The second-order valence-electron chi connectivity index (χ2n) is 6.69. The van der Waals surface area contributed by atoms with Crippen LogP contribution in [-0.4, -0.2) is 54.4 Å². The molecule has 148 valence electrons. The summed E-state index contributed by atoms with van der Waals surface area (Å²) in [7, 11) is 1.43. The number of methoxy groups -OCH3 is 1. The van der Waals surface area contributed by atoms with Crippen molar-refractivity contribution in [2.45, 2.75) is 46.1 Å². The minimum absolute atomic E-state index is 0.140. The number of carbonyl (C=O) groups is 2. The second-order valence-corrected chi connectivity index (χ2v) is 7.13. The molecule has 0 spiro atoms. The van der Waals surface area contributed by atoms with Crippen molar-refractivity contribution in [3.8, 4) is 0 Å². The Bertz CT molecular complexity index is 538. The minimum atomic E-state index is -0.664. The van der Waals surface area contributed by atoms with Gasteiger partial charge in [-0.1, -0.05) is 43.3 Å². The first-order chi connectivity index (χ1) is 12.1. The molecular formula is C19H31ClN2O4. The summed E-state index contributed by atoms with van der Waals surface area (Å²) >= 11 is 5.92. The lowest BCUT2D eigenvalue weighted by atomic mass is 10.2. The molecule has 0 rings (SSSR count). The molecule has 0 unspecified atom stereocenters. The number of nitrogens with zero attached hydrogens (tertiary/aromatic N) is 2. The Morgan fingerprint density at radius 1 is 1.19 bits per heavy atom. The van der Waals surface area contributed by atoms with E-state index in [9.17, 15) is 9.59 Å². The predicted octanol–water partition coefficient (Wildman–Crippen LogP) is 4.28. The molecule has 0 atom stereocenters. The molecule has 0 bridgehead atoms. The third-order valence-electron chi connectivity index (χ3n) is 3.07. The number of rotatable bonds is 9. The molecule has 26 heavy (non-hydrogen) atoms. The largest absolute Gasteiger partial charge is 0.442 e. The van der Waals surface area contributed by atoms with Crippen LogP contribution in [0.3, 0.4) is 0 Å². The summed E-state index contributed by atoms with van der Waals surface area (Å²) in [6.07, 6.45) is 3.70. The van der Waals surface area contributed by atoms with E-state index in [1.165, 1.54) is 23.2 Å². The van der Waals surface area contributed by atoms with E-state index in [2.05, 4.69) is 13.2 Å². The topological polar surface area (TPSA) is 59.1 Å². The molecule has 0 aliphatic heterocycles. The molecule has 0 saturated carbocycles. The summed E-state index contributed by atoms with van der Waals surface area (Å²) in [5, 5.41) is 3.13. The van der Waals surface area contributed by atoms with Crippen LogP contribution in [0.5, 0.6) is 0 Å². The average Bonchev–Trinajstić information content (AvgIpc) is 2.52. The molecule has 0 aromatic heterocycles. The van der Waals surface area contributed by atoms with E-state index in [-0.39, 0.29) is 19.1 Å². The Balaban J connectivity index is 5.38. The van der Waals surface area contributed by atoms with Gasteiger partial charge in [0.2, 0.25) is 0 Å². The zero-order chi connectivity index (χ0) is 20.3. The van der Waals surface area contributed by atoms with Gasteiger partial charge in [0.1, 0.15) is 12.2 Å².